The summed E-state index contributed by atoms with van der Waals surface area (Å²) in [6, 6.07) is 24.1. The van der Waals surface area contributed by atoms with E-state index in [0.29, 0.717) is 25.1 Å². The number of amides is 2. The molecule has 1 atom stereocenters. The lowest BCUT2D eigenvalue weighted by molar-refractivity contribution is -0.139. The molecule has 0 aromatic heterocycles. The Morgan fingerprint density at radius 3 is 2.03 bits per heavy atom. The van der Waals surface area contributed by atoms with Gasteiger partial charge in [0.05, 0.1) is 10.6 Å². The highest BCUT2D eigenvalue weighted by Gasteiger charge is 2.33. The average molecular weight is 522 g/mol. The number of sulfonamides is 1. The second kappa shape index (κ2) is 13.1. The van der Waals surface area contributed by atoms with E-state index in [1.807, 2.05) is 63.2 Å². The smallest absolute Gasteiger partial charge is 0.264 e. The van der Waals surface area contributed by atoms with Crippen LogP contribution in [-0.2, 0) is 26.0 Å². The second-order valence-corrected chi connectivity index (χ2v) is 10.7. The molecule has 0 radical (unpaired) electrons. The summed E-state index contributed by atoms with van der Waals surface area (Å²) in [4.78, 5) is 28.4. The number of carbonyl (C=O) groups is 2. The summed E-state index contributed by atoms with van der Waals surface area (Å²) in [5.41, 5.74) is 2.38. The van der Waals surface area contributed by atoms with Gasteiger partial charge in [0.25, 0.3) is 10.0 Å². The average Bonchev–Trinajstić information content (AvgIpc) is 2.91. The Labute approximate surface area is 220 Å². The maximum absolute atomic E-state index is 13.8. The minimum Gasteiger partial charge on any atom is -0.355 e. The first-order valence-electron chi connectivity index (χ1n) is 12.5. The molecule has 0 saturated heterocycles. The lowest BCUT2D eigenvalue weighted by atomic mass is 10.1. The number of hydrogen-bond donors (Lipinski definition) is 1. The SMILES string of the molecule is CCNC(=O)[C@@H](CC)N(CCc1ccccc1)C(=O)CN(c1ccc(C)cc1)S(=O)(=O)c1ccccc1. The Morgan fingerprint density at radius 2 is 1.46 bits per heavy atom. The molecule has 0 heterocycles. The van der Waals surface area contributed by atoms with E-state index in [0.717, 1.165) is 15.4 Å². The number of anilines is 1. The van der Waals surface area contributed by atoms with Crippen LogP contribution < -0.4 is 9.62 Å². The molecule has 3 aromatic rings. The number of nitrogens with one attached hydrogen (secondary N) is 1. The van der Waals surface area contributed by atoms with Gasteiger partial charge in [0, 0.05) is 13.1 Å². The summed E-state index contributed by atoms with van der Waals surface area (Å²) in [5.74, 6) is -0.687. The second-order valence-electron chi connectivity index (χ2n) is 8.80. The van der Waals surface area contributed by atoms with E-state index in [4.69, 9.17) is 0 Å². The quantitative estimate of drug-likeness (QED) is 0.388. The van der Waals surface area contributed by atoms with Gasteiger partial charge in [-0.05, 0) is 56.5 Å². The third kappa shape index (κ3) is 7.20. The lowest BCUT2D eigenvalue weighted by Crippen LogP contribution is -2.53. The van der Waals surface area contributed by atoms with Crippen molar-refractivity contribution in [2.75, 3.05) is 23.9 Å². The van der Waals surface area contributed by atoms with Crippen molar-refractivity contribution in [2.45, 2.75) is 44.6 Å². The van der Waals surface area contributed by atoms with Crippen LogP contribution in [0.25, 0.3) is 0 Å². The molecule has 0 saturated carbocycles. The van der Waals surface area contributed by atoms with Crippen LogP contribution >= 0.6 is 0 Å². The van der Waals surface area contributed by atoms with Crippen LogP contribution in [0.15, 0.2) is 89.8 Å². The van der Waals surface area contributed by atoms with Crippen molar-refractivity contribution in [2.24, 2.45) is 0 Å². The van der Waals surface area contributed by atoms with Gasteiger partial charge in [-0.3, -0.25) is 13.9 Å². The predicted octanol–water partition coefficient (Wildman–Crippen LogP) is 4.18. The van der Waals surface area contributed by atoms with Crippen molar-refractivity contribution in [1.82, 2.24) is 10.2 Å². The van der Waals surface area contributed by atoms with Gasteiger partial charge in [-0.1, -0.05) is 73.2 Å². The van der Waals surface area contributed by atoms with E-state index >= 15 is 0 Å². The molecule has 1 N–H and O–H groups in total. The zero-order valence-electron chi connectivity index (χ0n) is 21.6. The maximum Gasteiger partial charge on any atom is 0.264 e. The minimum absolute atomic E-state index is 0.0926. The molecule has 0 aliphatic rings. The highest BCUT2D eigenvalue weighted by atomic mass is 32.2. The Bertz CT molecular complexity index is 1260. The van der Waals surface area contributed by atoms with Gasteiger partial charge >= 0.3 is 0 Å². The first-order valence-corrected chi connectivity index (χ1v) is 14.0. The van der Waals surface area contributed by atoms with Crippen LogP contribution in [0.2, 0.25) is 0 Å². The Morgan fingerprint density at radius 1 is 0.865 bits per heavy atom. The van der Waals surface area contributed by atoms with Crippen molar-refractivity contribution >= 4 is 27.5 Å². The van der Waals surface area contributed by atoms with Crippen LogP contribution in [-0.4, -0.2) is 50.8 Å². The summed E-state index contributed by atoms with van der Waals surface area (Å²) < 4.78 is 28.5. The lowest BCUT2D eigenvalue weighted by Gasteiger charge is -2.33. The van der Waals surface area contributed by atoms with Crippen LogP contribution in [0.5, 0.6) is 0 Å². The van der Waals surface area contributed by atoms with Crippen LogP contribution in [0, 0.1) is 6.92 Å². The van der Waals surface area contributed by atoms with Gasteiger partial charge in [0.1, 0.15) is 12.6 Å². The first kappa shape index (κ1) is 27.9. The molecule has 8 heteroatoms. The molecule has 2 amide bonds. The van der Waals surface area contributed by atoms with Crippen LogP contribution in [0.1, 0.15) is 31.4 Å². The summed E-state index contributed by atoms with van der Waals surface area (Å²) in [5, 5.41) is 2.81. The van der Waals surface area contributed by atoms with Crippen molar-refractivity contribution < 1.29 is 18.0 Å². The molecule has 196 valence electrons. The number of hydrogen-bond acceptors (Lipinski definition) is 4. The van der Waals surface area contributed by atoms with Gasteiger partial charge in [-0.2, -0.15) is 0 Å². The zero-order chi connectivity index (χ0) is 26.8. The van der Waals surface area contributed by atoms with E-state index in [9.17, 15) is 18.0 Å². The molecule has 0 aliphatic heterocycles. The summed E-state index contributed by atoms with van der Waals surface area (Å²) in [7, 11) is -4.04. The van der Waals surface area contributed by atoms with Crippen molar-refractivity contribution in [3.63, 3.8) is 0 Å². The fourth-order valence-electron chi connectivity index (χ4n) is 4.15. The highest BCUT2D eigenvalue weighted by molar-refractivity contribution is 7.92. The number of aryl methyl sites for hydroxylation is 1. The zero-order valence-corrected chi connectivity index (χ0v) is 22.4. The van der Waals surface area contributed by atoms with E-state index < -0.39 is 28.5 Å². The number of rotatable bonds is 12. The molecule has 3 rings (SSSR count). The number of benzene rings is 3. The van der Waals surface area contributed by atoms with Gasteiger partial charge in [0.15, 0.2) is 0 Å². The summed E-state index contributed by atoms with van der Waals surface area (Å²) in [6.07, 6.45) is 0.945. The Balaban J connectivity index is 1.98. The van der Waals surface area contributed by atoms with E-state index in [1.165, 1.54) is 17.0 Å². The van der Waals surface area contributed by atoms with Gasteiger partial charge in [-0.15, -0.1) is 0 Å². The molecule has 0 unspecified atom stereocenters. The van der Waals surface area contributed by atoms with Crippen molar-refractivity contribution in [3.05, 3.63) is 96.1 Å². The minimum atomic E-state index is -4.04. The summed E-state index contributed by atoms with van der Waals surface area (Å²) >= 11 is 0. The normalized spacial score (nSPS) is 12.0. The van der Waals surface area contributed by atoms with Gasteiger partial charge in [0.2, 0.25) is 11.8 Å². The fraction of sp³-hybridized carbons (Fsp3) is 0.310. The monoisotopic (exact) mass is 521 g/mol. The van der Waals surface area contributed by atoms with Crippen molar-refractivity contribution in [3.8, 4) is 0 Å². The number of likely N-dealkylation sites (N-methyl/N-ethyl adjacent to an activating group) is 1. The third-order valence-electron chi connectivity index (χ3n) is 6.15. The van der Waals surface area contributed by atoms with Crippen LogP contribution in [0.3, 0.4) is 0 Å². The molecule has 0 fully saturated rings. The van der Waals surface area contributed by atoms with E-state index in [-0.39, 0.29) is 17.3 Å². The summed E-state index contributed by atoms with van der Waals surface area (Å²) in [6.45, 7) is 5.88. The number of carbonyl (C=O) groups excluding carboxylic acids is 2. The van der Waals surface area contributed by atoms with Crippen LogP contribution in [0.4, 0.5) is 5.69 Å². The highest BCUT2D eigenvalue weighted by Crippen LogP contribution is 2.25. The molecule has 3 aromatic carbocycles. The third-order valence-corrected chi connectivity index (χ3v) is 7.94. The molecule has 0 aliphatic carbocycles. The van der Waals surface area contributed by atoms with Gasteiger partial charge < -0.3 is 10.2 Å². The molecule has 37 heavy (non-hydrogen) atoms. The molecule has 0 bridgehead atoms. The van der Waals surface area contributed by atoms with E-state index in [1.54, 1.807) is 30.3 Å². The first-order chi connectivity index (χ1) is 17.8. The Kier molecular flexibility index (Phi) is 9.85. The topological polar surface area (TPSA) is 86.8 Å². The molecular formula is C29H35N3O4S. The maximum atomic E-state index is 13.8. The largest absolute Gasteiger partial charge is 0.355 e. The molecule has 7 nitrogen and oxygen atoms in total. The Hall–Kier alpha value is -3.65. The van der Waals surface area contributed by atoms with Crippen molar-refractivity contribution in [1.29, 1.82) is 0 Å². The van der Waals surface area contributed by atoms with E-state index in [2.05, 4.69) is 5.32 Å². The van der Waals surface area contributed by atoms with Gasteiger partial charge in [-0.25, -0.2) is 8.42 Å². The molecular weight excluding hydrogens is 486 g/mol. The standard InChI is InChI=1S/C29H35N3O4S/c1-4-27(29(34)30-5-2)31(21-20-24-12-8-6-9-13-24)28(33)22-32(25-18-16-23(3)17-19-25)37(35,36)26-14-10-7-11-15-26/h6-19,27H,4-5,20-22H2,1-3H3,(H,30,34)/t27-/m1/s1. The molecule has 0 spiro atoms. The fourth-order valence-corrected chi connectivity index (χ4v) is 5.58. The predicted molar refractivity (Wildman–Crippen MR) is 147 cm³/mol. The number of nitrogens with zero attached hydrogens (tertiary/aromatic N) is 2.